The molecule has 35 heavy (non-hydrogen) atoms. The van der Waals surface area contributed by atoms with Crippen LogP contribution in [-0.4, -0.2) is 55.6 Å². The minimum Gasteiger partial charge on any atom is -0.345 e. The van der Waals surface area contributed by atoms with Gasteiger partial charge in [0.1, 0.15) is 5.82 Å². The molecule has 1 N–H and O–H groups in total. The van der Waals surface area contributed by atoms with Crippen LogP contribution in [0.4, 0.5) is 4.39 Å². The molecule has 1 aliphatic heterocycles. The van der Waals surface area contributed by atoms with Crippen molar-refractivity contribution in [2.75, 3.05) is 26.2 Å². The van der Waals surface area contributed by atoms with Crippen LogP contribution >= 0.6 is 0 Å². The molecule has 0 bridgehead atoms. The van der Waals surface area contributed by atoms with E-state index in [-0.39, 0.29) is 49.3 Å². The first kappa shape index (κ1) is 24.6. The van der Waals surface area contributed by atoms with E-state index >= 15 is 0 Å². The summed E-state index contributed by atoms with van der Waals surface area (Å²) in [5, 5.41) is 2.95. The molecule has 0 spiro atoms. The molecule has 1 atom stereocenters. The number of nitrogens with one attached hydrogen (secondary N) is 1. The van der Waals surface area contributed by atoms with Crippen LogP contribution in [0.25, 0.3) is 0 Å². The molecule has 0 saturated carbocycles. The normalized spacial score (nSPS) is 15.4. The van der Waals surface area contributed by atoms with Gasteiger partial charge in [0.2, 0.25) is 15.9 Å². The van der Waals surface area contributed by atoms with Crippen molar-refractivity contribution in [2.45, 2.75) is 17.4 Å². The zero-order valence-electron chi connectivity index (χ0n) is 19.0. The van der Waals surface area contributed by atoms with Gasteiger partial charge in [0, 0.05) is 31.7 Å². The lowest BCUT2D eigenvalue weighted by molar-refractivity contribution is -0.132. The average Bonchev–Trinajstić information content (AvgIpc) is 2.89. The predicted octanol–water partition coefficient (Wildman–Crippen LogP) is 3.22. The van der Waals surface area contributed by atoms with Gasteiger partial charge in [-0.1, -0.05) is 54.6 Å². The molecule has 182 valence electrons. The van der Waals surface area contributed by atoms with E-state index in [1.165, 1.54) is 22.5 Å². The number of carbonyl (C=O) groups excluding carboxylic acids is 2. The number of carbonyl (C=O) groups is 2. The van der Waals surface area contributed by atoms with Crippen molar-refractivity contribution >= 4 is 21.8 Å². The predicted molar refractivity (Wildman–Crippen MR) is 129 cm³/mol. The van der Waals surface area contributed by atoms with Crippen LogP contribution in [0.1, 0.15) is 28.4 Å². The number of sulfonamides is 1. The van der Waals surface area contributed by atoms with Crippen molar-refractivity contribution in [3.05, 3.63) is 102 Å². The summed E-state index contributed by atoms with van der Waals surface area (Å²) in [6, 6.07) is 22.4. The summed E-state index contributed by atoms with van der Waals surface area (Å²) < 4.78 is 40.5. The molecule has 1 heterocycles. The molecular weight excluding hydrogens is 469 g/mol. The van der Waals surface area contributed by atoms with Gasteiger partial charge >= 0.3 is 0 Å². The molecular formula is C26H26FN3O4S. The Morgan fingerprint density at radius 2 is 1.49 bits per heavy atom. The summed E-state index contributed by atoms with van der Waals surface area (Å²) in [6.45, 7) is 0.636. The number of piperazine rings is 1. The molecule has 3 aromatic rings. The van der Waals surface area contributed by atoms with Crippen LogP contribution in [0.2, 0.25) is 0 Å². The van der Waals surface area contributed by atoms with E-state index in [2.05, 4.69) is 5.32 Å². The summed E-state index contributed by atoms with van der Waals surface area (Å²) >= 11 is 0. The average molecular weight is 496 g/mol. The van der Waals surface area contributed by atoms with Gasteiger partial charge in [-0.2, -0.15) is 4.31 Å². The van der Waals surface area contributed by atoms with Gasteiger partial charge in [-0.3, -0.25) is 9.59 Å². The van der Waals surface area contributed by atoms with E-state index in [4.69, 9.17) is 0 Å². The van der Waals surface area contributed by atoms with Crippen LogP contribution in [-0.2, 0) is 14.8 Å². The van der Waals surface area contributed by atoms with Crippen LogP contribution < -0.4 is 5.32 Å². The first-order valence-electron chi connectivity index (χ1n) is 11.3. The fourth-order valence-electron chi connectivity index (χ4n) is 4.03. The minimum absolute atomic E-state index is 0.0409. The minimum atomic E-state index is -3.85. The van der Waals surface area contributed by atoms with Gasteiger partial charge in [-0.25, -0.2) is 12.8 Å². The Labute approximate surface area is 204 Å². The van der Waals surface area contributed by atoms with E-state index in [0.29, 0.717) is 5.56 Å². The second-order valence-corrected chi connectivity index (χ2v) is 10.2. The summed E-state index contributed by atoms with van der Waals surface area (Å²) in [4.78, 5) is 27.4. The summed E-state index contributed by atoms with van der Waals surface area (Å²) in [7, 11) is -3.85. The van der Waals surface area contributed by atoms with Gasteiger partial charge in [0.25, 0.3) is 5.91 Å². The number of rotatable bonds is 7. The van der Waals surface area contributed by atoms with E-state index in [9.17, 15) is 22.4 Å². The standard InChI is InChI=1S/C26H26FN3O4S/c27-22-12-7-13-23(18-22)35(33,34)30-16-14-29(15-17-30)25(31)19-24(20-8-3-1-4-9-20)28-26(32)21-10-5-2-6-11-21/h1-13,18,24H,14-17,19H2,(H,28,32)/t24-/m0/s1. The Morgan fingerprint density at radius 1 is 0.857 bits per heavy atom. The van der Waals surface area contributed by atoms with Crippen molar-refractivity contribution in [2.24, 2.45) is 0 Å². The third kappa shape index (κ3) is 5.93. The monoisotopic (exact) mass is 495 g/mol. The van der Waals surface area contributed by atoms with E-state index < -0.39 is 21.9 Å². The molecule has 1 aliphatic rings. The quantitative estimate of drug-likeness (QED) is 0.545. The second-order valence-electron chi connectivity index (χ2n) is 8.25. The Balaban J connectivity index is 1.42. The highest BCUT2D eigenvalue weighted by Crippen LogP contribution is 2.22. The van der Waals surface area contributed by atoms with Gasteiger partial charge in [-0.05, 0) is 35.9 Å². The van der Waals surface area contributed by atoms with Crippen molar-refractivity contribution in [3.63, 3.8) is 0 Å². The Hall–Kier alpha value is -3.56. The lowest BCUT2D eigenvalue weighted by Gasteiger charge is -2.34. The lowest BCUT2D eigenvalue weighted by atomic mass is 10.0. The van der Waals surface area contributed by atoms with Crippen LogP contribution in [0.5, 0.6) is 0 Å². The first-order chi connectivity index (χ1) is 16.8. The van der Waals surface area contributed by atoms with Crippen molar-refractivity contribution in [1.29, 1.82) is 0 Å². The highest BCUT2D eigenvalue weighted by molar-refractivity contribution is 7.89. The topological polar surface area (TPSA) is 86.8 Å². The molecule has 1 saturated heterocycles. The number of hydrogen-bond acceptors (Lipinski definition) is 4. The molecule has 9 heteroatoms. The van der Waals surface area contributed by atoms with E-state index in [0.717, 1.165) is 11.6 Å². The maximum Gasteiger partial charge on any atom is 0.251 e. The summed E-state index contributed by atoms with van der Waals surface area (Å²) in [6.07, 6.45) is 0.0409. The lowest BCUT2D eigenvalue weighted by Crippen LogP contribution is -2.51. The van der Waals surface area contributed by atoms with Crippen LogP contribution in [0, 0.1) is 5.82 Å². The van der Waals surface area contributed by atoms with Crippen LogP contribution in [0.15, 0.2) is 89.8 Å². The summed E-state index contributed by atoms with van der Waals surface area (Å²) in [5.74, 6) is -1.09. The number of amides is 2. The number of nitrogens with zero attached hydrogens (tertiary/aromatic N) is 2. The van der Waals surface area contributed by atoms with Gasteiger partial charge < -0.3 is 10.2 Å². The maximum absolute atomic E-state index is 13.5. The Bertz CT molecular complexity index is 1280. The highest BCUT2D eigenvalue weighted by atomic mass is 32.2. The maximum atomic E-state index is 13.5. The fraction of sp³-hybridized carbons (Fsp3) is 0.231. The molecule has 2 amide bonds. The SMILES string of the molecule is O=C(N[C@@H](CC(=O)N1CCN(S(=O)(=O)c2cccc(F)c2)CC1)c1ccccc1)c1ccccc1. The van der Waals surface area contributed by atoms with E-state index in [1.807, 2.05) is 36.4 Å². The van der Waals surface area contributed by atoms with Gasteiger partial charge in [0.05, 0.1) is 17.4 Å². The molecule has 7 nitrogen and oxygen atoms in total. The number of hydrogen-bond donors (Lipinski definition) is 1. The third-order valence-corrected chi connectivity index (χ3v) is 7.84. The van der Waals surface area contributed by atoms with Crippen molar-refractivity contribution < 1.29 is 22.4 Å². The number of halogens is 1. The van der Waals surface area contributed by atoms with Gasteiger partial charge in [-0.15, -0.1) is 0 Å². The largest absolute Gasteiger partial charge is 0.345 e. The molecule has 0 aromatic heterocycles. The zero-order valence-corrected chi connectivity index (χ0v) is 19.8. The third-order valence-electron chi connectivity index (χ3n) is 5.95. The Kier molecular flexibility index (Phi) is 7.57. The van der Waals surface area contributed by atoms with Gasteiger partial charge in [0.15, 0.2) is 0 Å². The van der Waals surface area contributed by atoms with E-state index in [1.54, 1.807) is 29.2 Å². The van der Waals surface area contributed by atoms with Crippen molar-refractivity contribution in [1.82, 2.24) is 14.5 Å². The first-order valence-corrected chi connectivity index (χ1v) is 12.7. The molecule has 0 aliphatic carbocycles. The second kappa shape index (κ2) is 10.8. The highest BCUT2D eigenvalue weighted by Gasteiger charge is 2.31. The molecule has 1 fully saturated rings. The molecule has 4 rings (SSSR count). The van der Waals surface area contributed by atoms with Crippen molar-refractivity contribution in [3.8, 4) is 0 Å². The molecule has 0 unspecified atom stereocenters. The Morgan fingerprint density at radius 3 is 2.11 bits per heavy atom. The number of benzene rings is 3. The molecule has 0 radical (unpaired) electrons. The molecule has 3 aromatic carbocycles. The fourth-order valence-corrected chi connectivity index (χ4v) is 5.48. The van der Waals surface area contributed by atoms with Crippen LogP contribution in [0.3, 0.4) is 0 Å². The summed E-state index contributed by atoms with van der Waals surface area (Å²) in [5.41, 5.74) is 1.30. The zero-order chi connectivity index (χ0) is 24.8. The smallest absolute Gasteiger partial charge is 0.251 e.